The van der Waals surface area contributed by atoms with Crippen LogP contribution in [0.3, 0.4) is 0 Å². The molecule has 78 valence electrons. The quantitative estimate of drug-likeness (QED) is 0.845. The van der Waals surface area contributed by atoms with Gasteiger partial charge in [-0.3, -0.25) is 0 Å². The fraction of sp³-hybridized carbons (Fsp3) is 0.143. The van der Waals surface area contributed by atoms with Gasteiger partial charge < -0.3 is 0 Å². The molecule has 2 nitrogen and oxygen atoms in total. The van der Waals surface area contributed by atoms with Crippen molar-refractivity contribution in [2.45, 2.75) is 10.4 Å². The van der Waals surface area contributed by atoms with Gasteiger partial charge in [-0.25, -0.2) is 8.99 Å². The summed E-state index contributed by atoms with van der Waals surface area (Å²) in [6.07, 6.45) is 0. The average molecular weight is 288 g/mol. The number of rotatable bonds is 1. The molecule has 0 aromatic heterocycles. The molecule has 0 saturated heterocycles. The lowest BCUT2D eigenvalue weighted by Gasteiger charge is -2.10. The van der Waals surface area contributed by atoms with Gasteiger partial charge in [0.2, 0.25) is 0 Å². The largest absolute Gasteiger partial charge is 0.483 e. The normalized spacial score (nSPS) is 16.3. The van der Waals surface area contributed by atoms with Crippen LogP contribution >= 0.6 is 15.9 Å². The van der Waals surface area contributed by atoms with Crippen molar-refractivity contribution in [2.24, 2.45) is 0 Å². The van der Waals surface area contributed by atoms with E-state index in [0.717, 1.165) is 12.1 Å². The van der Waals surface area contributed by atoms with Crippen molar-refractivity contribution in [3.63, 3.8) is 0 Å². The third-order valence-electron chi connectivity index (χ3n) is 1.45. The zero-order valence-electron chi connectivity index (χ0n) is 6.64. The van der Waals surface area contributed by atoms with Crippen LogP contribution in [0.15, 0.2) is 33.6 Å². The zero-order chi connectivity index (χ0) is 11.0. The highest BCUT2D eigenvalue weighted by molar-refractivity contribution is 9.10. The summed E-state index contributed by atoms with van der Waals surface area (Å²) in [6.45, 7) is 0. The van der Waals surface area contributed by atoms with E-state index in [1.165, 1.54) is 12.1 Å². The summed E-state index contributed by atoms with van der Waals surface area (Å²) in [5, 5.41) is 0. The molecule has 14 heavy (non-hydrogen) atoms. The lowest BCUT2D eigenvalue weighted by atomic mass is 10.4. The Labute approximate surface area is 87.2 Å². The molecule has 0 fully saturated rings. The molecule has 0 aliphatic heterocycles. The smallest absolute Gasteiger partial charge is 0.241 e. The number of alkyl halides is 3. The van der Waals surface area contributed by atoms with Gasteiger partial charge in [0.05, 0.1) is 4.90 Å². The molecule has 1 unspecified atom stereocenters. The van der Waals surface area contributed by atoms with E-state index in [2.05, 4.69) is 15.9 Å². The Bertz CT molecular complexity index is 440. The SMILES string of the molecule is N=S(=O)(c1cccc(Br)c1)C(F)(F)F. The molecule has 0 radical (unpaired) electrons. The number of halogens is 4. The minimum Gasteiger partial charge on any atom is -0.241 e. The summed E-state index contributed by atoms with van der Waals surface area (Å²) in [4.78, 5) is -0.542. The van der Waals surface area contributed by atoms with Gasteiger partial charge in [0.15, 0.2) is 9.73 Å². The van der Waals surface area contributed by atoms with Crippen molar-refractivity contribution in [2.75, 3.05) is 0 Å². The summed E-state index contributed by atoms with van der Waals surface area (Å²) in [6, 6.07) is 4.85. The first kappa shape index (κ1) is 11.5. The molecular formula is C7H5BrF3NOS. The Balaban J connectivity index is 3.32. The van der Waals surface area contributed by atoms with Gasteiger partial charge in [0, 0.05) is 4.47 Å². The van der Waals surface area contributed by atoms with Crippen LogP contribution < -0.4 is 0 Å². The van der Waals surface area contributed by atoms with Crippen molar-refractivity contribution < 1.29 is 17.4 Å². The van der Waals surface area contributed by atoms with Crippen LogP contribution in [0.2, 0.25) is 0 Å². The van der Waals surface area contributed by atoms with Crippen LogP contribution in [0.4, 0.5) is 13.2 Å². The van der Waals surface area contributed by atoms with Gasteiger partial charge in [0.25, 0.3) is 0 Å². The highest BCUT2D eigenvalue weighted by Gasteiger charge is 2.43. The van der Waals surface area contributed by atoms with E-state index in [-0.39, 0.29) is 0 Å². The maximum atomic E-state index is 12.2. The molecule has 0 heterocycles. The van der Waals surface area contributed by atoms with Gasteiger partial charge in [-0.2, -0.15) is 13.2 Å². The minimum atomic E-state index is -5.03. The Morgan fingerprint density at radius 2 is 1.93 bits per heavy atom. The first-order chi connectivity index (χ1) is 6.25. The van der Waals surface area contributed by atoms with Gasteiger partial charge in [-0.1, -0.05) is 22.0 Å². The van der Waals surface area contributed by atoms with Crippen molar-refractivity contribution in [3.8, 4) is 0 Å². The maximum absolute atomic E-state index is 12.2. The molecule has 0 spiro atoms. The topological polar surface area (TPSA) is 40.9 Å². The molecule has 0 aliphatic rings. The standard InChI is InChI=1S/C7H5BrF3NOS/c8-5-2-1-3-6(4-5)14(12,13)7(9,10)11/h1-4,12H. The third-order valence-corrected chi connectivity index (χ3v) is 3.52. The molecule has 1 N–H and O–H groups in total. The zero-order valence-corrected chi connectivity index (χ0v) is 9.04. The van der Waals surface area contributed by atoms with E-state index in [9.17, 15) is 17.4 Å². The van der Waals surface area contributed by atoms with E-state index in [1.54, 1.807) is 0 Å². The number of benzene rings is 1. The van der Waals surface area contributed by atoms with Gasteiger partial charge in [-0.15, -0.1) is 0 Å². The van der Waals surface area contributed by atoms with Crippen LogP contribution in [-0.2, 0) is 9.73 Å². The van der Waals surface area contributed by atoms with Crippen molar-refractivity contribution in [1.29, 1.82) is 4.78 Å². The molecule has 0 saturated carbocycles. The van der Waals surface area contributed by atoms with Crippen LogP contribution in [0.5, 0.6) is 0 Å². The fourth-order valence-electron chi connectivity index (χ4n) is 0.779. The summed E-state index contributed by atoms with van der Waals surface area (Å²) >= 11 is 2.95. The van der Waals surface area contributed by atoms with Gasteiger partial charge in [-0.05, 0) is 18.2 Å². The molecular weight excluding hydrogens is 283 g/mol. The van der Waals surface area contributed by atoms with E-state index >= 15 is 0 Å². The summed E-state index contributed by atoms with van der Waals surface area (Å²) in [5.41, 5.74) is -5.03. The lowest BCUT2D eigenvalue weighted by Crippen LogP contribution is -2.21. The second kappa shape index (κ2) is 3.54. The second-order valence-corrected chi connectivity index (χ2v) is 5.42. The number of nitrogens with one attached hydrogen (secondary N) is 1. The summed E-state index contributed by atoms with van der Waals surface area (Å²) < 4.78 is 54.8. The van der Waals surface area contributed by atoms with Crippen LogP contribution in [0.25, 0.3) is 0 Å². The predicted octanol–water partition coefficient (Wildman–Crippen LogP) is 3.37. The first-order valence-electron chi connectivity index (χ1n) is 3.36. The molecule has 1 rings (SSSR count). The monoisotopic (exact) mass is 287 g/mol. The Morgan fingerprint density at radius 3 is 2.36 bits per heavy atom. The van der Waals surface area contributed by atoms with Crippen molar-refractivity contribution in [1.82, 2.24) is 0 Å². The summed E-state index contributed by atoms with van der Waals surface area (Å²) in [5.74, 6) is 0. The Hall–Kier alpha value is -0.560. The molecule has 0 aliphatic carbocycles. The molecule has 0 amide bonds. The van der Waals surface area contributed by atoms with E-state index < -0.39 is 20.1 Å². The van der Waals surface area contributed by atoms with Crippen LogP contribution in [0.1, 0.15) is 0 Å². The lowest BCUT2D eigenvalue weighted by molar-refractivity contribution is -0.0406. The van der Waals surface area contributed by atoms with Gasteiger partial charge >= 0.3 is 5.51 Å². The summed E-state index contributed by atoms with van der Waals surface area (Å²) in [7, 11) is -4.73. The van der Waals surface area contributed by atoms with Crippen molar-refractivity contribution in [3.05, 3.63) is 28.7 Å². The molecule has 0 bridgehead atoms. The minimum absolute atomic E-state index is 0.360. The Morgan fingerprint density at radius 1 is 1.36 bits per heavy atom. The van der Waals surface area contributed by atoms with E-state index in [0.29, 0.717) is 4.47 Å². The molecule has 1 atom stereocenters. The first-order valence-corrected chi connectivity index (χ1v) is 5.71. The fourth-order valence-corrected chi connectivity index (χ4v) is 2.16. The van der Waals surface area contributed by atoms with E-state index in [1.807, 2.05) is 0 Å². The predicted molar refractivity (Wildman–Crippen MR) is 49.3 cm³/mol. The number of hydrogen-bond acceptors (Lipinski definition) is 2. The van der Waals surface area contributed by atoms with Crippen LogP contribution in [0, 0.1) is 4.78 Å². The Kier molecular flexibility index (Phi) is 2.91. The third kappa shape index (κ3) is 2.09. The highest BCUT2D eigenvalue weighted by atomic mass is 79.9. The average Bonchev–Trinajstić information content (AvgIpc) is 2.02. The molecule has 1 aromatic carbocycles. The molecule has 7 heteroatoms. The second-order valence-electron chi connectivity index (χ2n) is 2.46. The van der Waals surface area contributed by atoms with Gasteiger partial charge in [0.1, 0.15) is 0 Å². The number of hydrogen-bond donors (Lipinski definition) is 1. The maximum Gasteiger partial charge on any atom is 0.483 e. The van der Waals surface area contributed by atoms with Crippen LogP contribution in [-0.4, -0.2) is 9.72 Å². The van der Waals surface area contributed by atoms with E-state index in [4.69, 9.17) is 4.78 Å². The highest BCUT2D eigenvalue weighted by Crippen LogP contribution is 2.31. The molecule has 1 aromatic rings. The van der Waals surface area contributed by atoms with Crippen molar-refractivity contribution >= 4 is 25.7 Å².